The Morgan fingerprint density at radius 1 is 1.06 bits per heavy atom. The number of primary amides is 1. The average molecular weight is 532 g/mol. The maximum absolute atomic E-state index is 13.5. The van der Waals surface area contributed by atoms with Gasteiger partial charge in [0.15, 0.2) is 0 Å². The monoisotopic (exact) mass is 531 g/mol. The summed E-state index contributed by atoms with van der Waals surface area (Å²) >= 11 is 3.30. The van der Waals surface area contributed by atoms with E-state index in [0.717, 1.165) is 9.87 Å². The lowest BCUT2D eigenvalue weighted by molar-refractivity contribution is -0.114. The van der Waals surface area contributed by atoms with Crippen molar-refractivity contribution in [1.29, 1.82) is 0 Å². The number of para-hydroxylation sites is 1. The van der Waals surface area contributed by atoms with Crippen LogP contribution >= 0.6 is 15.9 Å². The molecule has 0 saturated carbocycles. The Labute approximate surface area is 200 Å². The Hall–Kier alpha value is -3.37. The van der Waals surface area contributed by atoms with Gasteiger partial charge in [0.1, 0.15) is 12.3 Å². The minimum absolute atomic E-state index is 0.0268. The molecule has 2 amide bonds. The molecule has 3 N–H and O–H groups in total. The number of anilines is 2. The second kappa shape index (κ2) is 10.1. The number of sulfonamides is 1. The molecule has 0 aliphatic carbocycles. The Morgan fingerprint density at radius 2 is 1.73 bits per heavy atom. The first kappa shape index (κ1) is 24.3. The zero-order valence-corrected chi connectivity index (χ0v) is 20.3. The van der Waals surface area contributed by atoms with Gasteiger partial charge in [-0.2, -0.15) is 0 Å². The Bertz CT molecular complexity index is 1290. The largest absolute Gasteiger partial charge is 0.496 e. The normalized spacial score (nSPS) is 11.0. The van der Waals surface area contributed by atoms with Gasteiger partial charge in [0.05, 0.1) is 33.4 Å². The Morgan fingerprint density at radius 3 is 2.33 bits per heavy atom. The van der Waals surface area contributed by atoms with E-state index in [2.05, 4.69) is 21.2 Å². The number of nitrogens with one attached hydrogen (secondary N) is 1. The average Bonchev–Trinajstić information content (AvgIpc) is 2.78. The van der Waals surface area contributed by atoms with Gasteiger partial charge in [-0.25, -0.2) is 8.42 Å². The summed E-state index contributed by atoms with van der Waals surface area (Å²) in [6, 6.07) is 17.3. The van der Waals surface area contributed by atoms with E-state index in [1.54, 1.807) is 36.4 Å². The molecule has 3 aromatic carbocycles. The van der Waals surface area contributed by atoms with Gasteiger partial charge in [-0.3, -0.25) is 13.9 Å². The van der Waals surface area contributed by atoms with Gasteiger partial charge in [-0.15, -0.1) is 0 Å². The van der Waals surface area contributed by atoms with Crippen LogP contribution in [-0.4, -0.2) is 33.9 Å². The van der Waals surface area contributed by atoms with Crippen molar-refractivity contribution >= 4 is 49.1 Å². The van der Waals surface area contributed by atoms with Crippen LogP contribution in [0.2, 0.25) is 0 Å². The predicted octanol–water partition coefficient (Wildman–Crippen LogP) is 3.70. The molecule has 0 saturated heterocycles. The standard InChI is InChI=1S/C23H22BrN3O5S/c1-15-7-9-16(10-8-15)27(33(30,31)17-11-12-21(32-2)19(24)13-17)14-22(28)26-20-6-4-3-5-18(20)23(25)29/h3-13H,14H2,1-2H3,(H2,25,29)(H,26,28). The van der Waals surface area contributed by atoms with Gasteiger partial charge in [-0.1, -0.05) is 29.8 Å². The summed E-state index contributed by atoms with van der Waals surface area (Å²) in [6.45, 7) is 1.35. The number of ether oxygens (including phenoxy) is 1. The van der Waals surface area contributed by atoms with Crippen molar-refractivity contribution in [1.82, 2.24) is 0 Å². The van der Waals surface area contributed by atoms with Gasteiger partial charge in [0, 0.05) is 0 Å². The molecule has 0 spiro atoms. The molecule has 0 radical (unpaired) electrons. The summed E-state index contributed by atoms with van der Waals surface area (Å²) in [5.41, 5.74) is 6.93. The molecule has 0 atom stereocenters. The highest BCUT2D eigenvalue weighted by Crippen LogP contribution is 2.31. The van der Waals surface area contributed by atoms with E-state index < -0.39 is 28.4 Å². The van der Waals surface area contributed by atoms with E-state index in [1.165, 1.54) is 37.4 Å². The van der Waals surface area contributed by atoms with Crippen molar-refractivity contribution in [3.63, 3.8) is 0 Å². The number of carbonyl (C=O) groups is 2. The Balaban J connectivity index is 1.99. The number of carbonyl (C=O) groups excluding carboxylic acids is 2. The van der Waals surface area contributed by atoms with Crippen molar-refractivity contribution in [2.24, 2.45) is 5.73 Å². The number of amides is 2. The molecule has 3 aromatic rings. The first-order chi connectivity index (χ1) is 15.6. The number of hydrogen-bond acceptors (Lipinski definition) is 5. The number of rotatable bonds is 8. The third-order valence-corrected chi connectivity index (χ3v) is 7.18. The van der Waals surface area contributed by atoms with E-state index in [1.807, 2.05) is 6.92 Å². The van der Waals surface area contributed by atoms with Crippen molar-refractivity contribution in [2.45, 2.75) is 11.8 Å². The summed E-state index contributed by atoms with van der Waals surface area (Å²) < 4.78 is 33.7. The smallest absolute Gasteiger partial charge is 0.264 e. The van der Waals surface area contributed by atoms with Crippen molar-refractivity contribution < 1.29 is 22.7 Å². The molecule has 0 aliphatic rings. The molecule has 3 rings (SSSR count). The summed E-state index contributed by atoms with van der Waals surface area (Å²) in [5.74, 6) is -0.880. The molecule has 0 aromatic heterocycles. The summed E-state index contributed by atoms with van der Waals surface area (Å²) in [6.07, 6.45) is 0. The molecule has 10 heteroatoms. The molecule has 0 aliphatic heterocycles. The minimum atomic E-state index is -4.13. The molecule has 33 heavy (non-hydrogen) atoms. The summed E-state index contributed by atoms with van der Waals surface area (Å²) in [5, 5.41) is 2.58. The number of methoxy groups -OCH3 is 1. The maximum atomic E-state index is 13.5. The molecular weight excluding hydrogens is 510 g/mol. The number of halogens is 1. The van der Waals surface area contributed by atoms with Crippen molar-refractivity contribution in [3.8, 4) is 5.75 Å². The third-order valence-electron chi connectivity index (χ3n) is 4.79. The van der Waals surface area contributed by atoms with Gasteiger partial charge in [0.25, 0.3) is 15.9 Å². The molecule has 0 heterocycles. The summed E-state index contributed by atoms with van der Waals surface area (Å²) in [7, 11) is -2.66. The van der Waals surface area contributed by atoms with E-state index in [4.69, 9.17) is 10.5 Å². The Kier molecular flexibility index (Phi) is 7.39. The van der Waals surface area contributed by atoms with Crippen LogP contribution in [0, 0.1) is 6.92 Å². The van der Waals surface area contributed by atoms with Crippen LogP contribution < -0.4 is 20.1 Å². The highest BCUT2D eigenvalue weighted by molar-refractivity contribution is 9.10. The number of nitrogens with two attached hydrogens (primary N) is 1. The summed E-state index contributed by atoms with van der Waals surface area (Å²) in [4.78, 5) is 24.5. The van der Waals surface area contributed by atoms with Crippen LogP contribution in [0.5, 0.6) is 5.75 Å². The highest BCUT2D eigenvalue weighted by Gasteiger charge is 2.28. The maximum Gasteiger partial charge on any atom is 0.264 e. The quantitative estimate of drug-likeness (QED) is 0.459. The van der Waals surface area contributed by atoms with Crippen LogP contribution in [0.1, 0.15) is 15.9 Å². The van der Waals surface area contributed by atoms with Crippen LogP contribution in [0.3, 0.4) is 0 Å². The topological polar surface area (TPSA) is 119 Å². The molecule has 0 bridgehead atoms. The predicted molar refractivity (Wildman–Crippen MR) is 130 cm³/mol. The molecule has 172 valence electrons. The molecule has 0 unspecified atom stereocenters. The molecule has 0 fully saturated rings. The van der Waals surface area contributed by atoms with E-state index >= 15 is 0 Å². The molecule has 8 nitrogen and oxygen atoms in total. The molecular formula is C23H22BrN3O5S. The van der Waals surface area contributed by atoms with Gasteiger partial charge < -0.3 is 15.8 Å². The SMILES string of the molecule is COc1ccc(S(=O)(=O)N(CC(=O)Nc2ccccc2C(N)=O)c2ccc(C)cc2)cc1Br. The lowest BCUT2D eigenvalue weighted by atomic mass is 10.1. The number of nitrogens with zero attached hydrogens (tertiary/aromatic N) is 1. The second-order valence-electron chi connectivity index (χ2n) is 7.10. The zero-order valence-electron chi connectivity index (χ0n) is 17.9. The van der Waals surface area contributed by atoms with Gasteiger partial charge in [0.2, 0.25) is 5.91 Å². The number of benzene rings is 3. The number of hydrogen-bond donors (Lipinski definition) is 2. The third kappa shape index (κ3) is 5.52. The van der Waals surface area contributed by atoms with Crippen LogP contribution in [0.25, 0.3) is 0 Å². The van der Waals surface area contributed by atoms with Crippen molar-refractivity contribution in [2.75, 3.05) is 23.3 Å². The van der Waals surface area contributed by atoms with Gasteiger partial charge in [-0.05, 0) is 65.3 Å². The van der Waals surface area contributed by atoms with Crippen LogP contribution in [0.15, 0.2) is 76.1 Å². The van der Waals surface area contributed by atoms with Gasteiger partial charge >= 0.3 is 0 Å². The number of aryl methyl sites for hydroxylation is 1. The first-order valence-corrected chi connectivity index (χ1v) is 12.0. The first-order valence-electron chi connectivity index (χ1n) is 9.75. The second-order valence-corrected chi connectivity index (χ2v) is 9.82. The van der Waals surface area contributed by atoms with E-state index in [-0.39, 0.29) is 16.1 Å². The lowest BCUT2D eigenvalue weighted by Crippen LogP contribution is -2.38. The van der Waals surface area contributed by atoms with E-state index in [9.17, 15) is 18.0 Å². The van der Waals surface area contributed by atoms with Crippen LogP contribution in [0.4, 0.5) is 11.4 Å². The lowest BCUT2D eigenvalue weighted by Gasteiger charge is -2.24. The van der Waals surface area contributed by atoms with E-state index in [0.29, 0.717) is 15.9 Å². The fraction of sp³-hybridized carbons (Fsp3) is 0.130. The minimum Gasteiger partial charge on any atom is -0.496 e. The van der Waals surface area contributed by atoms with Crippen LogP contribution in [-0.2, 0) is 14.8 Å². The van der Waals surface area contributed by atoms with Crippen molar-refractivity contribution in [3.05, 3.63) is 82.3 Å². The zero-order chi connectivity index (χ0) is 24.2. The fourth-order valence-electron chi connectivity index (χ4n) is 3.09. The fourth-order valence-corrected chi connectivity index (χ4v) is 5.23. The highest BCUT2D eigenvalue weighted by atomic mass is 79.9.